The number of hydrogen-bond donors (Lipinski definition) is 0. The van der Waals surface area contributed by atoms with Crippen molar-refractivity contribution in [3.63, 3.8) is 0 Å². The maximum Gasteiger partial charge on any atom is 0.136 e. The third-order valence-corrected chi connectivity index (χ3v) is 3.56. The first-order valence-electron chi connectivity index (χ1n) is 4.80. The highest BCUT2D eigenvalue weighted by atomic mass is 35.5. The van der Waals surface area contributed by atoms with E-state index in [0.29, 0.717) is 10.8 Å². The lowest BCUT2D eigenvalue weighted by atomic mass is 10.3. The Morgan fingerprint density at radius 2 is 1.82 bits per heavy atom. The van der Waals surface area contributed by atoms with Crippen molar-refractivity contribution < 1.29 is 17.9 Å². The van der Waals surface area contributed by atoms with Crippen molar-refractivity contribution in [3.8, 4) is 11.5 Å². The summed E-state index contributed by atoms with van der Waals surface area (Å²) in [6.07, 6.45) is 0. The molecular formula is C10H13ClNO4S-. The van der Waals surface area contributed by atoms with E-state index in [1.165, 1.54) is 33.3 Å². The van der Waals surface area contributed by atoms with E-state index in [9.17, 15) is 8.42 Å². The van der Waals surface area contributed by atoms with Crippen molar-refractivity contribution in [1.29, 1.82) is 0 Å². The molecule has 1 rings (SSSR count). The van der Waals surface area contributed by atoms with Crippen molar-refractivity contribution >= 4 is 27.3 Å². The summed E-state index contributed by atoms with van der Waals surface area (Å²) in [6.45, 7) is 1.51. The quantitative estimate of drug-likeness (QED) is 0.830. The molecule has 0 radical (unpaired) electrons. The Morgan fingerprint density at radius 3 is 2.29 bits per heavy atom. The number of hydrogen-bond acceptors (Lipinski definition) is 4. The molecule has 0 aromatic heterocycles. The van der Waals surface area contributed by atoms with Gasteiger partial charge in [-0.15, -0.1) is 0 Å². The zero-order chi connectivity index (χ0) is 13.1. The molecule has 0 N–H and O–H groups in total. The molecule has 0 saturated carbocycles. The van der Waals surface area contributed by atoms with Crippen LogP contribution in [0, 0.1) is 0 Å². The number of methoxy groups -OCH3 is 2. The van der Waals surface area contributed by atoms with Crippen LogP contribution in [0.2, 0.25) is 5.02 Å². The smallest absolute Gasteiger partial charge is 0.136 e. The number of ether oxygens (including phenoxy) is 2. The van der Waals surface area contributed by atoms with E-state index in [1.807, 2.05) is 0 Å². The highest BCUT2D eigenvalue weighted by Gasteiger charge is 2.06. The van der Waals surface area contributed by atoms with Crippen molar-refractivity contribution in [2.24, 2.45) is 0 Å². The molecule has 0 fully saturated rings. The summed E-state index contributed by atoms with van der Waals surface area (Å²) in [5.41, 5.74) is 0.176. The molecule has 0 aliphatic rings. The van der Waals surface area contributed by atoms with Gasteiger partial charge >= 0.3 is 0 Å². The van der Waals surface area contributed by atoms with Gasteiger partial charge in [-0.2, -0.15) is 0 Å². The second-order valence-electron chi connectivity index (χ2n) is 3.12. The molecule has 0 bridgehead atoms. The van der Waals surface area contributed by atoms with Gasteiger partial charge in [-0.1, -0.05) is 24.2 Å². The highest BCUT2D eigenvalue weighted by molar-refractivity contribution is 7.94. The third-order valence-electron chi connectivity index (χ3n) is 2.06. The van der Waals surface area contributed by atoms with Gasteiger partial charge in [0.25, 0.3) is 0 Å². The second kappa shape index (κ2) is 5.46. The van der Waals surface area contributed by atoms with E-state index in [1.54, 1.807) is 0 Å². The van der Waals surface area contributed by atoms with Crippen LogP contribution >= 0.6 is 11.6 Å². The summed E-state index contributed by atoms with van der Waals surface area (Å²) in [7, 11) is -0.648. The lowest BCUT2D eigenvalue weighted by Crippen LogP contribution is -2.00. The summed E-state index contributed by atoms with van der Waals surface area (Å²) in [6, 6.07) is 2.89. The molecule has 5 nitrogen and oxygen atoms in total. The summed E-state index contributed by atoms with van der Waals surface area (Å²) < 4.78 is 36.5. The van der Waals surface area contributed by atoms with Crippen molar-refractivity contribution in [3.05, 3.63) is 21.9 Å². The lowest BCUT2D eigenvalue weighted by Gasteiger charge is -2.24. The molecule has 7 heteroatoms. The molecule has 0 amide bonds. The van der Waals surface area contributed by atoms with Crippen LogP contribution in [0.3, 0.4) is 0 Å². The molecule has 0 aliphatic carbocycles. The third kappa shape index (κ3) is 3.41. The van der Waals surface area contributed by atoms with Crippen molar-refractivity contribution in [2.45, 2.75) is 6.92 Å². The molecule has 0 unspecified atom stereocenters. The number of halogens is 1. The molecule has 0 heterocycles. The molecular weight excluding hydrogens is 266 g/mol. The van der Waals surface area contributed by atoms with Gasteiger partial charge in [0.2, 0.25) is 0 Å². The predicted molar refractivity (Wildman–Crippen MR) is 67.0 cm³/mol. The minimum atomic E-state index is -3.50. The van der Waals surface area contributed by atoms with Gasteiger partial charge < -0.3 is 14.2 Å². The average Bonchev–Trinajstić information content (AvgIpc) is 2.30. The fourth-order valence-corrected chi connectivity index (χ4v) is 1.93. The van der Waals surface area contributed by atoms with Gasteiger partial charge in [-0.3, -0.25) is 0 Å². The molecule has 0 aliphatic heterocycles. The number of benzene rings is 1. The lowest BCUT2D eigenvalue weighted by molar-refractivity contribution is 0.405. The van der Waals surface area contributed by atoms with Crippen LogP contribution in [0.4, 0.5) is 5.69 Å². The average molecular weight is 279 g/mol. The van der Waals surface area contributed by atoms with Gasteiger partial charge in [-0.05, 0) is 6.07 Å². The maximum atomic E-state index is 11.4. The van der Waals surface area contributed by atoms with Gasteiger partial charge in [-0.25, -0.2) is 8.42 Å². The Kier molecular flexibility index (Phi) is 4.47. The van der Waals surface area contributed by atoms with E-state index in [2.05, 4.69) is 4.72 Å². The largest absolute Gasteiger partial charge is 0.574 e. The van der Waals surface area contributed by atoms with Crippen molar-refractivity contribution in [1.82, 2.24) is 0 Å². The SMILES string of the molecule is CCS(=O)(=O)[N-]c1cc(OC)c(Cl)cc1OC. The van der Waals surface area contributed by atoms with E-state index in [0.717, 1.165) is 0 Å². The fraction of sp³-hybridized carbons (Fsp3) is 0.400. The van der Waals surface area contributed by atoms with Crippen LogP contribution in [0.1, 0.15) is 6.92 Å². The van der Waals surface area contributed by atoms with Crippen LogP contribution in [-0.4, -0.2) is 28.4 Å². The zero-order valence-electron chi connectivity index (χ0n) is 9.73. The van der Waals surface area contributed by atoms with E-state index >= 15 is 0 Å². The molecule has 1 aromatic carbocycles. The number of rotatable bonds is 5. The predicted octanol–water partition coefficient (Wildman–Crippen LogP) is 2.71. The number of nitrogens with zero attached hydrogens (tertiary/aromatic N) is 1. The molecule has 17 heavy (non-hydrogen) atoms. The first kappa shape index (κ1) is 13.9. The van der Waals surface area contributed by atoms with Crippen LogP contribution in [0.25, 0.3) is 4.72 Å². The minimum Gasteiger partial charge on any atom is -0.574 e. The van der Waals surface area contributed by atoms with E-state index < -0.39 is 10.0 Å². The number of sulfonamides is 1. The van der Waals surface area contributed by atoms with Crippen LogP contribution in [-0.2, 0) is 10.0 Å². The molecule has 96 valence electrons. The minimum absolute atomic E-state index is 0.0822. The first-order chi connectivity index (χ1) is 7.93. The molecule has 0 spiro atoms. The summed E-state index contributed by atoms with van der Waals surface area (Å²) in [5.74, 6) is 0.548. The second-order valence-corrected chi connectivity index (χ2v) is 5.45. The zero-order valence-corrected chi connectivity index (χ0v) is 11.3. The Labute approximate surface area is 106 Å². The Bertz CT molecular complexity index is 501. The Balaban J connectivity index is 3.22. The van der Waals surface area contributed by atoms with Gasteiger partial charge in [0.1, 0.15) is 11.5 Å². The molecule has 0 atom stereocenters. The summed E-state index contributed by atoms with van der Waals surface area (Å²) in [5, 5.41) is 0.331. The normalized spacial score (nSPS) is 11.1. The van der Waals surface area contributed by atoms with E-state index in [-0.39, 0.29) is 17.2 Å². The first-order valence-corrected chi connectivity index (χ1v) is 6.79. The summed E-state index contributed by atoms with van der Waals surface area (Å²) >= 11 is 5.89. The summed E-state index contributed by atoms with van der Waals surface area (Å²) in [4.78, 5) is 0. The molecule has 1 aromatic rings. The van der Waals surface area contributed by atoms with Gasteiger partial charge in [0.05, 0.1) is 29.3 Å². The van der Waals surface area contributed by atoms with Gasteiger partial charge in [0, 0.05) is 11.8 Å². The van der Waals surface area contributed by atoms with E-state index in [4.69, 9.17) is 21.1 Å². The van der Waals surface area contributed by atoms with Crippen molar-refractivity contribution in [2.75, 3.05) is 20.0 Å². The standard InChI is InChI=1S/C10H13ClNO4S/c1-4-17(13,14)12-8-6-9(15-2)7(11)5-10(8)16-3/h5-6H,4H2,1-3H3/q-1. The van der Waals surface area contributed by atoms with Gasteiger partial charge in [0.15, 0.2) is 0 Å². The van der Waals surface area contributed by atoms with Crippen LogP contribution in [0.5, 0.6) is 11.5 Å². The fourth-order valence-electron chi connectivity index (χ4n) is 1.13. The Morgan fingerprint density at radius 1 is 1.24 bits per heavy atom. The maximum absolute atomic E-state index is 11.4. The van der Waals surface area contributed by atoms with Crippen LogP contribution < -0.4 is 9.47 Å². The monoisotopic (exact) mass is 278 g/mol. The molecule has 0 saturated heterocycles. The topological polar surface area (TPSA) is 66.7 Å². The Hall–Kier alpha value is -1.14. The van der Waals surface area contributed by atoms with Crippen LogP contribution in [0.15, 0.2) is 12.1 Å². The highest BCUT2D eigenvalue weighted by Crippen LogP contribution is 2.41.